The van der Waals surface area contributed by atoms with Crippen LogP contribution < -0.4 is 10.1 Å². The highest BCUT2D eigenvalue weighted by atomic mass is 32.1. The number of thiophene rings is 1. The first-order chi connectivity index (χ1) is 15.9. The maximum absolute atomic E-state index is 13.5. The molecule has 0 unspecified atom stereocenters. The van der Waals surface area contributed by atoms with Crippen molar-refractivity contribution in [2.45, 2.75) is 46.1 Å². The van der Waals surface area contributed by atoms with Gasteiger partial charge >= 0.3 is 6.03 Å². The first-order valence-electron chi connectivity index (χ1n) is 11.7. The largest absolute Gasteiger partial charge is 0.491 e. The molecular formula is C25H34FN3O3S. The molecule has 0 saturated carbocycles. The first kappa shape index (κ1) is 25.0. The topological polar surface area (TPSA) is 61.9 Å². The van der Waals surface area contributed by atoms with Crippen LogP contribution in [0.25, 0.3) is 0 Å². The first-order valence-corrected chi connectivity index (χ1v) is 12.6. The lowest BCUT2D eigenvalue weighted by Gasteiger charge is -2.37. The second kappa shape index (κ2) is 12.0. The van der Waals surface area contributed by atoms with Crippen molar-refractivity contribution >= 4 is 23.3 Å². The summed E-state index contributed by atoms with van der Waals surface area (Å²) >= 11 is 1.69. The molecule has 2 aromatic rings. The summed E-state index contributed by atoms with van der Waals surface area (Å²) in [6, 6.07) is 7.49. The fourth-order valence-electron chi connectivity index (χ4n) is 3.90. The van der Waals surface area contributed by atoms with E-state index in [9.17, 15) is 14.0 Å². The van der Waals surface area contributed by atoms with E-state index in [2.05, 4.69) is 19.2 Å². The van der Waals surface area contributed by atoms with Crippen LogP contribution in [0.1, 0.15) is 50.1 Å². The molecule has 1 aromatic heterocycles. The zero-order valence-electron chi connectivity index (χ0n) is 19.7. The molecule has 6 nitrogen and oxygen atoms in total. The van der Waals surface area contributed by atoms with Crippen LogP contribution in [0.15, 0.2) is 35.7 Å². The Morgan fingerprint density at radius 2 is 2.03 bits per heavy atom. The molecule has 1 aromatic carbocycles. The Hall–Kier alpha value is -2.61. The van der Waals surface area contributed by atoms with E-state index in [1.165, 1.54) is 17.0 Å². The number of carbonyl (C=O) groups excluding carboxylic acids is 2. The quantitative estimate of drug-likeness (QED) is 0.534. The lowest BCUT2D eigenvalue weighted by Crippen LogP contribution is -2.50. The number of benzene rings is 1. The molecule has 3 rings (SSSR count). The van der Waals surface area contributed by atoms with Gasteiger partial charge in [0.25, 0.3) is 0 Å². The van der Waals surface area contributed by atoms with Gasteiger partial charge in [-0.05, 0) is 60.0 Å². The fraction of sp³-hybridized carbons (Fsp3) is 0.520. The minimum Gasteiger partial charge on any atom is -0.491 e. The molecule has 0 radical (unpaired) electrons. The van der Waals surface area contributed by atoms with Gasteiger partial charge in [0.05, 0.1) is 6.04 Å². The number of hydrogen-bond donors (Lipinski definition) is 1. The van der Waals surface area contributed by atoms with Crippen molar-refractivity contribution in [3.63, 3.8) is 0 Å². The number of nitrogens with zero attached hydrogens (tertiary/aromatic N) is 2. The van der Waals surface area contributed by atoms with Gasteiger partial charge in [0.1, 0.15) is 24.7 Å². The second-order valence-electron chi connectivity index (χ2n) is 8.54. The molecule has 33 heavy (non-hydrogen) atoms. The Kier molecular flexibility index (Phi) is 9.11. The third-order valence-corrected chi connectivity index (χ3v) is 7.00. The van der Waals surface area contributed by atoms with Crippen LogP contribution in [-0.4, -0.2) is 54.5 Å². The molecule has 3 amide bonds. The number of urea groups is 1. The molecule has 2 atom stereocenters. The van der Waals surface area contributed by atoms with E-state index in [4.69, 9.17) is 4.74 Å². The molecule has 0 aliphatic carbocycles. The molecule has 0 spiro atoms. The van der Waals surface area contributed by atoms with Gasteiger partial charge in [-0.2, -0.15) is 0 Å². The maximum Gasteiger partial charge on any atom is 0.317 e. The molecule has 1 aliphatic rings. The standard InChI is InChI=1S/C25H34FN3O3S/c1-4-12-27-25(31)28(15-18(3)5-2)16-24(30)29-13-10-23-21(11-14-33-23)22(29)17-32-20-8-6-19(26)7-9-20/h6-9,11,14,18,22H,4-5,10,12-13,15-17H2,1-3H3,(H,27,31)/t18-,22+/m0/s1. The smallest absolute Gasteiger partial charge is 0.317 e. The highest BCUT2D eigenvalue weighted by molar-refractivity contribution is 7.10. The summed E-state index contributed by atoms with van der Waals surface area (Å²) in [5.41, 5.74) is 1.09. The molecule has 0 saturated heterocycles. The van der Waals surface area contributed by atoms with Crippen LogP contribution in [0.5, 0.6) is 5.75 Å². The van der Waals surface area contributed by atoms with Gasteiger partial charge in [-0.3, -0.25) is 4.79 Å². The Morgan fingerprint density at radius 1 is 1.27 bits per heavy atom. The van der Waals surface area contributed by atoms with E-state index in [0.717, 1.165) is 24.8 Å². The van der Waals surface area contributed by atoms with Crippen molar-refractivity contribution in [1.29, 1.82) is 0 Å². The SMILES string of the molecule is CCCNC(=O)N(CC(=O)N1CCc2sccc2[C@H]1COc1ccc(F)cc1)C[C@@H](C)CC. The Balaban J connectivity index is 1.74. The van der Waals surface area contributed by atoms with Gasteiger partial charge < -0.3 is 19.9 Å². The molecule has 2 heterocycles. The van der Waals surface area contributed by atoms with Crippen LogP contribution in [0.4, 0.5) is 9.18 Å². The molecule has 1 aliphatic heterocycles. The summed E-state index contributed by atoms with van der Waals surface area (Å²) in [5.74, 6) is 0.449. The van der Waals surface area contributed by atoms with Gasteiger partial charge in [-0.25, -0.2) is 9.18 Å². The van der Waals surface area contributed by atoms with Crippen LogP contribution >= 0.6 is 11.3 Å². The minimum atomic E-state index is -0.320. The lowest BCUT2D eigenvalue weighted by molar-refractivity contribution is -0.135. The van der Waals surface area contributed by atoms with Crippen LogP contribution in [0.2, 0.25) is 0 Å². The number of rotatable bonds is 10. The van der Waals surface area contributed by atoms with E-state index in [1.54, 1.807) is 28.4 Å². The van der Waals surface area contributed by atoms with E-state index in [0.29, 0.717) is 31.3 Å². The summed E-state index contributed by atoms with van der Waals surface area (Å²) in [6.45, 7) is 8.18. The van der Waals surface area contributed by atoms with Gasteiger partial charge in [-0.15, -0.1) is 11.3 Å². The molecule has 0 fully saturated rings. The number of halogens is 1. The Morgan fingerprint density at radius 3 is 2.73 bits per heavy atom. The lowest BCUT2D eigenvalue weighted by atomic mass is 10.00. The minimum absolute atomic E-state index is 0.0341. The fourth-order valence-corrected chi connectivity index (χ4v) is 4.83. The van der Waals surface area contributed by atoms with Crippen molar-refractivity contribution < 1.29 is 18.7 Å². The van der Waals surface area contributed by atoms with Crippen LogP contribution in [0, 0.1) is 11.7 Å². The van der Waals surface area contributed by atoms with Crippen molar-refractivity contribution in [3.05, 3.63) is 52.0 Å². The summed E-state index contributed by atoms with van der Waals surface area (Å²) in [5, 5.41) is 4.95. The number of nitrogens with one attached hydrogen (secondary N) is 1. The predicted octanol–water partition coefficient (Wildman–Crippen LogP) is 4.86. The normalized spacial score (nSPS) is 16.1. The summed E-state index contributed by atoms with van der Waals surface area (Å²) in [4.78, 5) is 30.9. The molecule has 1 N–H and O–H groups in total. The summed E-state index contributed by atoms with van der Waals surface area (Å²) in [6.07, 6.45) is 2.56. The van der Waals surface area contributed by atoms with Crippen LogP contribution in [-0.2, 0) is 11.2 Å². The van der Waals surface area contributed by atoms with Crippen LogP contribution in [0.3, 0.4) is 0 Å². The summed E-state index contributed by atoms with van der Waals surface area (Å²) in [7, 11) is 0. The van der Waals surface area contributed by atoms with Gasteiger partial charge in [0.15, 0.2) is 0 Å². The zero-order chi connectivity index (χ0) is 23.8. The molecule has 0 bridgehead atoms. The maximum atomic E-state index is 13.5. The number of carbonyl (C=O) groups is 2. The second-order valence-corrected chi connectivity index (χ2v) is 9.54. The monoisotopic (exact) mass is 475 g/mol. The number of hydrogen-bond acceptors (Lipinski definition) is 4. The van der Waals surface area contributed by atoms with Crippen molar-refractivity contribution in [2.75, 3.05) is 32.8 Å². The number of ether oxygens (including phenoxy) is 1. The third kappa shape index (κ3) is 6.69. The molecule has 8 heteroatoms. The average Bonchev–Trinajstić information content (AvgIpc) is 3.30. The van der Waals surface area contributed by atoms with Gasteiger partial charge in [0, 0.05) is 24.5 Å². The third-order valence-electron chi connectivity index (χ3n) is 6.01. The summed E-state index contributed by atoms with van der Waals surface area (Å²) < 4.78 is 19.2. The highest BCUT2D eigenvalue weighted by Gasteiger charge is 2.33. The van der Waals surface area contributed by atoms with Gasteiger partial charge in [-0.1, -0.05) is 27.2 Å². The van der Waals surface area contributed by atoms with Crippen molar-refractivity contribution in [3.8, 4) is 5.75 Å². The van der Waals surface area contributed by atoms with E-state index < -0.39 is 0 Å². The predicted molar refractivity (Wildman–Crippen MR) is 129 cm³/mol. The molecular weight excluding hydrogens is 441 g/mol. The van der Waals surface area contributed by atoms with Crippen molar-refractivity contribution in [2.24, 2.45) is 5.92 Å². The van der Waals surface area contributed by atoms with Crippen molar-refractivity contribution in [1.82, 2.24) is 15.1 Å². The Labute approximate surface area is 199 Å². The zero-order valence-corrected chi connectivity index (χ0v) is 20.5. The van der Waals surface area contributed by atoms with E-state index >= 15 is 0 Å². The average molecular weight is 476 g/mol. The molecule has 180 valence electrons. The number of amides is 3. The van der Waals surface area contributed by atoms with E-state index in [-0.39, 0.29) is 36.9 Å². The number of fused-ring (bicyclic) bond motifs is 1. The Bertz CT molecular complexity index is 918. The van der Waals surface area contributed by atoms with E-state index in [1.807, 2.05) is 23.3 Å². The van der Waals surface area contributed by atoms with Gasteiger partial charge in [0.2, 0.25) is 5.91 Å². The highest BCUT2D eigenvalue weighted by Crippen LogP contribution is 2.34.